The molecule has 132 valence electrons. The first kappa shape index (κ1) is 20.6. The van der Waals surface area contributed by atoms with Crippen LogP contribution in [0.1, 0.15) is 40.9 Å². The summed E-state index contributed by atoms with van der Waals surface area (Å²) in [5.74, 6) is -0.242. The van der Waals surface area contributed by atoms with Gasteiger partial charge in [-0.1, -0.05) is 41.7 Å². The summed E-state index contributed by atoms with van der Waals surface area (Å²) in [6, 6.07) is 9.44. The molecule has 2 rings (SSSR count). The number of nitrogens with one attached hydrogen (secondary N) is 1. The van der Waals surface area contributed by atoms with Crippen molar-refractivity contribution in [1.29, 1.82) is 0 Å². The topological polar surface area (TPSA) is 86.8 Å². The first-order valence-electron chi connectivity index (χ1n) is 7.70. The number of H-pyrrole nitrogens is 1. The molecule has 0 aliphatic heterocycles. The number of ketones is 1. The van der Waals surface area contributed by atoms with Crippen LogP contribution in [0, 0.1) is 12.8 Å². The molecule has 2 aromatic rings. The first-order chi connectivity index (χ1) is 10.9. The van der Waals surface area contributed by atoms with Crippen LogP contribution >= 0.6 is 11.3 Å². The number of halogens is 1. The van der Waals surface area contributed by atoms with Crippen molar-refractivity contribution >= 4 is 17.1 Å². The number of nitrogens with two attached hydrogens (primary N) is 1. The smallest absolute Gasteiger partial charge is 0.305 e. The van der Waals surface area contributed by atoms with Crippen LogP contribution in [-0.2, 0) is 0 Å². The Kier molecular flexibility index (Phi) is 7.83. The van der Waals surface area contributed by atoms with Crippen molar-refractivity contribution in [2.75, 3.05) is 6.54 Å². The maximum absolute atomic E-state index is 12.4. The van der Waals surface area contributed by atoms with Crippen LogP contribution in [0.15, 0.2) is 35.1 Å². The molecule has 4 N–H and O–H groups in total. The maximum atomic E-state index is 12.4. The van der Waals surface area contributed by atoms with Gasteiger partial charge in [-0.3, -0.25) is 9.59 Å². The molecule has 0 saturated heterocycles. The standard InChI is InChI=1S/C17H22N2O3S.ClH/c1-10(14(20)16-12(3)19-17(22)23-16)9-18-11(2)15(21)13-7-5-4-6-8-13;/h4-8,10-11,15,18,21H,9H2,1-3H3,(H,19,22);1H. The Labute approximate surface area is 151 Å². The molecule has 7 heteroatoms. The molecule has 3 unspecified atom stereocenters. The highest BCUT2D eigenvalue weighted by Gasteiger charge is 2.24. The number of aliphatic hydroxyl groups excluding tert-OH is 1. The maximum Gasteiger partial charge on any atom is 0.305 e. The minimum absolute atomic E-state index is 0. The molecular formula is C17H23ClN2O3S. The minimum Gasteiger partial charge on any atom is -1.00 e. The zero-order valence-corrected chi connectivity index (χ0v) is 15.5. The highest BCUT2D eigenvalue weighted by Crippen LogP contribution is 2.15. The third-order valence-corrected chi connectivity index (χ3v) is 5.00. The summed E-state index contributed by atoms with van der Waals surface area (Å²) in [6.45, 7) is 6.09. The molecule has 0 fully saturated rings. The quantitative estimate of drug-likeness (QED) is 0.505. The van der Waals surface area contributed by atoms with Gasteiger partial charge in [-0.15, -0.1) is 0 Å². The van der Waals surface area contributed by atoms with E-state index in [2.05, 4.69) is 4.98 Å². The number of hydrogen-bond acceptors (Lipinski definition) is 4. The average Bonchev–Trinajstić information content (AvgIpc) is 2.90. The Morgan fingerprint density at radius 3 is 2.46 bits per heavy atom. The lowest BCUT2D eigenvalue weighted by Gasteiger charge is -2.19. The lowest BCUT2D eigenvalue weighted by Crippen LogP contribution is -3.00. The first-order valence-corrected chi connectivity index (χ1v) is 8.52. The monoisotopic (exact) mass is 370 g/mol. The Morgan fingerprint density at radius 1 is 1.29 bits per heavy atom. The zero-order chi connectivity index (χ0) is 17.0. The number of carbonyl (C=O) groups excluding carboxylic acids is 1. The van der Waals surface area contributed by atoms with Gasteiger partial charge in [0.2, 0.25) is 0 Å². The third kappa shape index (κ3) is 5.01. The summed E-state index contributed by atoms with van der Waals surface area (Å²) in [5, 5.41) is 12.3. The zero-order valence-electron chi connectivity index (χ0n) is 14.0. The molecule has 3 atom stereocenters. The van der Waals surface area contributed by atoms with E-state index in [1.807, 2.05) is 49.5 Å². The summed E-state index contributed by atoms with van der Waals surface area (Å²) >= 11 is 0.964. The summed E-state index contributed by atoms with van der Waals surface area (Å²) in [4.78, 5) is 26.7. The number of thiazole rings is 1. The van der Waals surface area contributed by atoms with E-state index >= 15 is 0 Å². The highest BCUT2D eigenvalue weighted by atomic mass is 35.5. The number of aromatic amines is 1. The van der Waals surface area contributed by atoms with Crippen LogP contribution in [0.4, 0.5) is 0 Å². The fourth-order valence-electron chi connectivity index (χ4n) is 2.47. The van der Waals surface area contributed by atoms with Crippen molar-refractivity contribution in [2.45, 2.75) is 32.9 Å². The molecule has 5 nitrogen and oxygen atoms in total. The van der Waals surface area contributed by atoms with Gasteiger partial charge in [-0.25, -0.2) is 0 Å². The van der Waals surface area contributed by atoms with E-state index < -0.39 is 6.10 Å². The highest BCUT2D eigenvalue weighted by molar-refractivity contribution is 7.11. The number of quaternary nitrogens is 1. The van der Waals surface area contributed by atoms with Crippen LogP contribution in [0.25, 0.3) is 0 Å². The molecule has 0 radical (unpaired) electrons. The summed E-state index contributed by atoms with van der Waals surface area (Å²) in [5.41, 5.74) is 1.50. The second kappa shape index (κ2) is 9.13. The van der Waals surface area contributed by atoms with Gasteiger partial charge in [-0.05, 0) is 26.3 Å². The van der Waals surface area contributed by atoms with E-state index in [0.29, 0.717) is 17.1 Å². The van der Waals surface area contributed by atoms with Crippen LogP contribution in [-0.4, -0.2) is 28.5 Å². The van der Waals surface area contributed by atoms with Crippen molar-refractivity contribution in [2.24, 2.45) is 5.92 Å². The molecule has 0 saturated carbocycles. The molecule has 1 aromatic carbocycles. The van der Waals surface area contributed by atoms with Crippen molar-refractivity contribution in [3.8, 4) is 0 Å². The van der Waals surface area contributed by atoms with Gasteiger partial charge >= 0.3 is 4.87 Å². The molecule has 24 heavy (non-hydrogen) atoms. The normalized spacial score (nSPS) is 14.5. The second-order valence-corrected chi connectivity index (χ2v) is 6.90. The SMILES string of the molecule is Cc1[nH]c(=O)sc1C(=O)C(C)C[NH2+]C(C)C(O)c1ccccc1.[Cl-]. The third-order valence-electron chi connectivity index (χ3n) is 4.00. The lowest BCUT2D eigenvalue weighted by atomic mass is 10.0. The number of benzene rings is 1. The molecular weight excluding hydrogens is 348 g/mol. The van der Waals surface area contributed by atoms with E-state index in [1.54, 1.807) is 6.92 Å². The number of rotatable bonds is 7. The minimum atomic E-state index is -0.580. The Bertz CT molecular complexity index is 714. The molecule has 0 aliphatic rings. The predicted octanol–water partition coefficient (Wildman–Crippen LogP) is -1.75. The predicted molar refractivity (Wildman–Crippen MR) is 90.8 cm³/mol. The van der Waals surface area contributed by atoms with Gasteiger partial charge < -0.3 is 27.8 Å². The molecule has 1 aromatic heterocycles. The number of carbonyl (C=O) groups is 1. The van der Waals surface area contributed by atoms with E-state index in [0.717, 1.165) is 16.9 Å². The lowest BCUT2D eigenvalue weighted by molar-refractivity contribution is -0.697. The number of aryl methyl sites for hydroxylation is 1. The number of Topliss-reactive ketones (excluding diaryl/α,β-unsaturated/α-hetero) is 1. The van der Waals surface area contributed by atoms with Crippen LogP contribution in [0.2, 0.25) is 0 Å². The van der Waals surface area contributed by atoms with E-state index in [4.69, 9.17) is 0 Å². The van der Waals surface area contributed by atoms with Gasteiger partial charge in [0, 0.05) is 5.69 Å². The van der Waals surface area contributed by atoms with Crippen molar-refractivity contribution in [3.05, 3.63) is 56.1 Å². The molecule has 0 aliphatic carbocycles. The Morgan fingerprint density at radius 2 is 1.92 bits per heavy atom. The van der Waals surface area contributed by atoms with E-state index in [-0.39, 0.29) is 35.0 Å². The second-order valence-electron chi connectivity index (χ2n) is 5.92. The van der Waals surface area contributed by atoms with Gasteiger partial charge in [0.25, 0.3) is 0 Å². The van der Waals surface area contributed by atoms with Crippen LogP contribution in [0.3, 0.4) is 0 Å². The van der Waals surface area contributed by atoms with Gasteiger partial charge in [0.1, 0.15) is 12.1 Å². The number of aliphatic hydroxyl groups is 1. The summed E-state index contributed by atoms with van der Waals surface area (Å²) in [6.07, 6.45) is -0.580. The van der Waals surface area contributed by atoms with Gasteiger partial charge in [0.15, 0.2) is 5.78 Å². The molecule has 0 amide bonds. The van der Waals surface area contributed by atoms with Crippen LogP contribution in [0.5, 0.6) is 0 Å². The van der Waals surface area contributed by atoms with Crippen molar-refractivity contribution in [1.82, 2.24) is 4.98 Å². The largest absolute Gasteiger partial charge is 1.00 e. The van der Waals surface area contributed by atoms with E-state index in [9.17, 15) is 14.7 Å². The average molecular weight is 371 g/mol. The number of aromatic nitrogens is 1. The van der Waals surface area contributed by atoms with E-state index in [1.165, 1.54) is 0 Å². The molecule has 0 spiro atoms. The fourth-order valence-corrected chi connectivity index (χ4v) is 3.37. The number of hydrogen-bond donors (Lipinski definition) is 3. The summed E-state index contributed by atoms with van der Waals surface area (Å²) < 4.78 is 0. The van der Waals surface area contributed by atoms with Crippen molar-refractivity contribution < 1.29 is 27.6 Å². The van der Waals surface area contributed by atoms with Crippen LogP contribution < -0.4 is 22.6 Å². The Hall–Kier alpha value is -1.47. The Balaban J connectivity index is 0.00000288. The van der Waals surface area contributed by atoms with Gasteiger partial charge in [-0.2, -0.15) is 0 Å². The summed E-state index contributed by atoms with van der Waals surface area (Å²) in [7, 11) is 0. The van der Waals surface area contributed by atoms with Gasteiger partial charge in [0.05, 0.1) is 17.3 Å². The fraction of sp³-hybridized carbons (Fsp3) is 0.412. The van der Waals surface area contributed by atoms with Crippen molar-refractivity contribution in [3.63, 3.8) is 0 Å². The molecule has 0 bridgehead atoms. The molecule has 1 heterocycles.